The molecule has 2 aliphatic rings. The fourth-order valence-electron chi connectivity index (χ4n) is 2.47. The molecule has 2 heterocycles. The van der Waals surface area contributed by atoms with Crippen LogP contribution in [-0.2, 0) is 28.8 Å². The Kier molecular flexibility index (Phi) is 9.77. The second-order valence-corrected chi connectivity index (χ2v) is 15.2. The molecule has 0 radical (unpaired) electrons. The van der Waals surface area contributed by atoms with Gasteiger partial charge in [0.15, 0.2) is 0 Å². The van der Waals surface area contributed by atoms with E-state index in [-0.39, 0.29) is 0 Å². The van der Waals surface area contributed by atoms with E-state index in [1.807, 2.05) is 0 Å². The van der Waals surface area contributed by atoms with Crippen molar-refractivity contribution in [1.82, 2.24) is 0 Å². The molecule has 6 atom stereocenters. The van der Waals surface area contributed by atoms with Gasteiger partial charge in [-0.25, -0.2) is 0 Å². The molecule has 0 aromatic carbocycles. The summed E-state index contributed by atoms with van der Waals surface area (Å²) < 4.78 is -1.80. The highest BCUT2D eigenvalue weighted by molar-refractivity contribution is 8.80. The number of carboxylic acids is 6. The van der Waals surface area contributed by atoms with Gasteiger partial charge in [0.05, 0.1) is 0 Å². The Labute approximate surface area is 204 Å². The summed E-state index contributed by atoms with van der Waals surface area (Å²) >= 11 is 3.95. The van der Waals surface area contributed by atoms with Gasteiger partial charge in [0.1, 0.15) is 31.5 Å². The number of hydrogen-bond acceptors (Lipinski definition) is 12. The molecule has 2 rings (SSSR count). The largest absolute Gasteiger partial charge is 0.480 e. The van der Waals surface area contributed by atoms with Crippen molar-refractivity contribution in [1.29, 1.82) is 0 Å². The zero-order valence-electron chi connectivity index (χ0n) is 15.2. The Morgan fingerprint density at radius 3 is 0.906 bits per heavy atom. The van der Waals surface area contributed by atoms with Gasteiger partial charge < -0.3 is 30.6 Å². The molecule has 6 N–H and O–H groups in total. The maximum atomic E-state index is 11.8. The van der Waals surface area contributed by atoms with Crippen LogP contribution in [-0.4, -0.2) is 107 Å². The SMILES string of the molecule is O=C(O)C1SB(SC(C(=O)O)C(SB2SC(C(=O)O)C(C(=O)O)S2)C(=O)O)SC1C(=O)O. The van der Waals surface area contributed by atoms with Gasteiger partial charge in [-0.3, -0.25) is 28.8 Å². The second kappa shape index (κ2) is 11.5. The highest BCUT2D eigenvalue weighted by atomic mass is 32.3. The normalized spacial score (nSPS) is 27.0. The van der Waals surface area contributed by atoms with Gasteiger partial charge in [-0.1, -0.05) is 0 Å². The van der Waals surface area contributed by atoms with Crippen LogP contribution >= 0.6 is 69.7 Å². The minimum atomic E-state index is -1.64. The first-order valence-corrected chi connectivity index (χ1v) is 13.8. The molecule has 0 aromatic rings. The fraction of sp³-hybridized carbons (Fsp3) is 0.500. The van der Waals surface area contributed by atoms with Crippen molar-refractivity contribution >= 4 is 115 Å². The minimum absolute atomic E-state index is 0.584. The second-order valence-electron chi connectivity index (χ2n) is 5.95. The van der Waals surface area contributed by atoms with Crippen molar-refractivity contribution in [3.63, 3.8) is 0 Å². The van der Waals surface area contributed by atoms with Crippen molar-refractivity contribution in [3.05, 3.63) is 0 Å². The average Bonchev–Trinajstić information content (AvgIpc) is 3.29. The van der Waals surface area contributed by atoms with Crippen LogP contribution in [0, 0.1) is 0 Å². The summed E-state index contributed by atoms with van der Waals surface area (Å²) in [7, 11) is 0. The topological polar surface area (TPSA) is 224 Å². The number of carbonyl (C=O) groups is 6. The Balaban J connectivity index is 2.17. The van der Waals surface area contributed by atoms with Crippen molar-refractivity contribution < 1.29 is 59.4 Å². The van der Waals surface area contributed by atoms with Crippen molar-refractivity contribution in [2.75, 3.05) is 0 Å². The quantitative estimate of drug-likeness (QED) is 0.184. The summed E-state index contributed by atoms with van der Waals surface area (Å²) in [5, 5.41) is 47.3. The Bertz CT molecular complexity index is 720. The van der Waals surface area contributed by atoms with Gasteiger partial charge >= 0.3 is 44.9 Å². The van der Waals surface area contributed by atoms with Crippen LogP contribution in [0.15, 0.2) is 0 Å². The zero-order valence-corrected chi connectivity index (χ0v) is 20.1. The van der Waals surface area contributed by atoms with Gasteiger partial charge in [-0.05, 0) is 0 Å². The number of carboxylic acid groups (broad SMARTS) is 6. The smallest absolute Gasteiger partial charge is 0.344 e. The Morgan fingerprint density at radius 2 is 0.750 bits per heavy atom. The molecule has 0 amide bonds. The lowest BCUT2D eigenvalue weighted by Crippen LogP contribution is -2.37. The van der Waals surface area contributed by atoms with E-state index in [1.54, 1.807) is 0 Å². The fourth-order valence-corrected chi connectivity index (χ4v) is 13.2. The molecular formula is C12H12B2O12S6. The van der Waals surface area contributed by atoms with Crippen molar-refractivity contribution in [2.45, 2.75) is 31.5 Å². The lowest BCUT2D eigenvalue weighted by molar-refractivity contribution is -0.142. The zero-order chi connectivity index (χ0) is 24.3. The third kappa shape index (κ3) is 6.55. The minimum Gasteiger partial charge on any atom is -0.480 e. The van der Waals surface area contributed by atoms with Crippen LogP contribution in [0.3, 0.4) is 0 Å². The summed E-state index contributed by atoms with van der Waals surface area (Å²) in [5.41, 5.74) is 0. The average molecular weight is 562 g/mol. The van der Waals surface area contributed by atoms with E-state index in [0.717, 1.165) is 0 Å². The van der Waals surface area contributed by atoms with Crippen LogP contribution < -0.4 is 0 Å². The first-order chi connectivity index (χ1) is 14.8. The van der Waals surface area contributed by atoms with Crippen LogP contribution in [0.4, 0.5) is 0 Å². The molecule has 0 bridgehead atoms. The van der Waals surface area contributed by atoms with Gasteiger partial charge in [0.2, 0.25) is 0 Å². The molecule has 0 saturated carbocycles. The molecule has 20 heteroatoms. The van der Waals surface area contributed by atoms with E-state index in [9.17, 15) is 59.4 Å². The highest BCUT2D eigenvalue weighted by Gasteiger charge is 2.52. The first kappa shape index (κ1) is 27.3. The molecular weight excluding hydrogens is 550 g/mol. The molecule has 174 valence electrons. The molecule has 12 nitrogen and oxygen atoms in total. The number of hydrogen-bond donors (Lipinski definition) is 6. The summed E-state index contributed by atoms with van der Waals surface area (Å²) in [4.78, 5) is 68.9. The number of aliphatic carboxylic acids is 6. The van der Waals surface area contributed by atoms with Crippen LogP contribution in [0.2, 0.25) is 0 Å². The van der Waals surface area contributed by atoms with E-state index >= 15 is 0 Å². The monoisotopic (exact) mass is 562 g/mol. The molecule has 2 aliphatic heterocycles. The highest BCUT2D eigenvalue weighted by Crippen LogP contribution is 2.51. The Morgan fingerprint density at radius 1 is 0.531 bits per heavy atom. The third-order valence-corrected chi connectivity index (χ3v) is 14.3. The lowest BCUT2D eigenvalue weighted by atomic mass is 10.3. The van der Waals surface area contributed by atoms with Gasteiger partial charge in [0.25, 0.3) is 0 Å². The van der Waals surface area contributed by atoms with E-state index in [0.29, 0.717) is 69.7 Å². The molecule has 2 saturated heterocycles. The lowest BCUT2D eigenvalue weighted by Gasteiger charge is -2.22. The predicted octanol–water partition coefficient (Wildman–Crippen LogP) is 0.102. The van der Waals surface area contributed by atoms with Gasteiger partial charge in [-0.15, -0.1) is 0 Å². The van der Waals surface area contributed by atoms with Crippen LogP contribution in [0.25, 0.3) is 0 Å². The van der Waals surface area contributed by atoms with Crippen LogP contribution in [0.1, 0.15) is 0 Å². The number of rotatable bonds is 11. The summed E-state index contributed by atoms with van der Waals surface area (Å²) in [6.45, 7) is 0. The molecule has 2 fully saturated rings. The van der Waals surface area contributed by atoms with E-state index in [2.05, 4.69) is 0 Å². The molecule has 32 heavy (non-hydrogen) atoms. The third-order valence-electron chi connectivity index (χ3n) is 3.83. The van der Waals surface area contributed by atoms with Gasteiger partial charge in [-0.2, -0.15) is 69.7 Å². The molecule has 0 aliphatic carbocycles. The maximum Gasteiger partial charge on any atom is 0.344 e. The predicted molar refractivity (Wildman–Crippen MR) is 126 cm³/mol. The van der Waals surface area contributed by atoms with E-state index < -0.39 is 76.4 Å². The molecule has 0 aromatic heterocycles. The van der Waals surface area contributed by atoms with E-state index in [4.69, 9.17) is 0 Å². The van der Waals surface area contributed by atoms with Crippen LogP contribution in [0.5, 0.6) is 0 Å². The molecule has 6 unspecified atom stereocenters. The van der Waals surface area contributed by atoms with E-state index in [1.165, 1.54) is 0 Å². The maximum absolute atomic E-state index is 11.8. The summed E-state index contributed by atoms with van der Waals surface area (Å²) in [6, 6.07) is 0. The Hall–Kier alpha value is -0.950. The van der Waals surface area contributed by atoms with Gasteiger partial charge in [0, 0.05) is 0 Å². The summed E-state index contributed by atoms with van der Waals surface area (Å²) in [5.74, 6) is -8.67. The van der Waals surface area contributed by atoms with Crippen molar-refractivity contribution in [2.24, 2.45) is 0 Å². The summed E-state index contributed by atoms with van der Waals surface area (Å²) in [6.07, 6.45) is 0. The van der Waals surface area contributed by atoms with Crippen molar-refractivity contribution in [3.8, 4) is 0 Å². The standard InChI is InChI=1S/C12H12B2O12S6/c15-7(16)1-2(8(17)18)28-13(27-1)31-5(11(23)24)6(12(25)26)32-14-29-3(9(19)20)4(30-14)10(21)22/h1-6H,(H,15,16)(H,17,18)(H,19,20)(H,21,22)(H,23,24)(H,25,26). The first-order valence-electron chi connectivity index (χ1n) is 8.13. The molecule has 0 spiro atoms.